The molecule has 0 saturated carbocycles. The Morgan fingerprint density at radius 3 is 2.92 bits per heavy atom. The predicted octanol–water partition coefficient (Wildman–Crippen LogP) is 1.75. The summed E-state index contributed by atoms with van der Waals surface area (Å²) in [5.74, 6) is 0. The maximum atomic E-state index is 4.32. The van der Waals surface area contributed by atoms with Crippen LogP contribution in [0.3, 0.4) is 0 Å². The average molecular weight is 164 g/mol. The van der Waals surface area contributed by atoms with Gasteiger partial charge in [0.05, 0.1) is 5.69 Å². The van der Waals surface area contributed by atoms with Crippen molar-refractivity contribution in [1.29, 1.82) is 0 Å². The van der Waals surface area contributed by atoms with Crippen LogP contribution in [0, 0.1) is 0 Å². The summed E-state index contributed by atoms with van der Waals surface area (Å²) in [6.07, 6.45) is 2.92. The van der Waals surface area contributed by atoms with E-state index in [4.69, 9.17) is 0 Å². The molecule has 0 aliphatic carbocycles. The second kappa shape index (κ2) is 4.88. The van der Waals surface area contributed by atoms with Gasteiger partial charge in [0.1, 0.15) is 0 Å². The van der Waals surface area contributed by atoms with Crippen molar-refractivity contribution in [2.75, 3.05) is 6.54 Å². The van der Waals surface area contributed by atoms with E-state index in [2.05, 4.69) is 30.2 Å². The van der Waals surface area contributed by atoms with Gasteiger partial charge in [0, 0.05) is 12.7 Å². The first kappa shape index (κ1) is 9.20. The fourth-order valence-electron chi connectivity index (χ4n) is 1.20. The van der Waals surface area contributed by atoms with Gasteiger partial charge in [0.15, 0.2) is 0 Å². The molecule has 0 aliphatic heterocycles. The number of pyridine rings is 1. The third-order valence-corrected chi connectivity index (χ3v) is 1.91. The second-order valence-electron chi connectivity index (χ2n) is 2.74. The molecule has 66 valence electrons. The standard InChI is InChI=1S/C10H16N2/c1-3-9-6-5-7-12-10(9)8-11-4-2/h5-7,11H,3-4,8H2,1-2H3. The highest BCUT2D eigenvalue weighted by Gasteiger charge is 1.98. The SMILES string of the molecule is CCNCc1ncccc1CC. The van der Waals surface area contributed by atoms with E-state index < -0.39 is 0 Å². The van der Waals surface area contributed by atoms with E-state index in [0.717, 1.165) is 19.5 Å². The molecule has 0 aliphatic rings. The molecule has 0 radical (unpaired) electrons. The maximum Gasteiger partial charge on any atom is 0.0573 e. The zero-order chi connectivity index (χ0) is 8.81. The molecule has 0 bridgehead atoms. The number of rotatable bonds is 4. The zero-order valence-corrected chi connectivity index (χ0v) is 7.80. The third-order valence-electron chi connectivity index (χ3n) is 1.91. The summed E-state index contributed by atoms with van der Waals surface area (Å²) in [5.41, 5.74) is 2.53. The number of aromatic nitrogens is 1. The van der Waals surface area contributed by atoms with Gasteiger partial charge >= 0.3 is 0 Å². The van der Waals surface area contributed by atoms with Crippen LogP contribution < -0.4 is 5.32 Å². The summed E-state index contributed by atoms with van der Waals surface area (Å²) in [4.78, 5) is 4.32. The molecule has 1 aromatic heterocycles. The molecular weight excluding hydrogens is 148 g/mol. The van der Waals surface area contributed by atoms with Gasteiger partial charge in [0.2, 0.25) is 0 Å². The maximum absolute atomic E-state index is 4.32. The minimum absolute atomic E-state index is 0.889. The van der Waals surface area contributed by atoms with Crippen molar-refractivity contribution in [2.45, 2.75) is 26.8 Å². The smallest absolute Gasteiger partial charge is 0.0573 e. The summed E-state index contributed by atoms with van der Waals surface area (Å²) in [6, 6.07) is 4.13. The number of hydrogen-bond donors (Lipinski definition) is 1. The lowest BCUT2D eigenvalue weighted by Gasteiger charge is -2.05. The zero-order valence-electron chi connectivity index (χ0n) is 7.80. The summed E-state index contributed by atoms with van der Waals surface area (Å²) in [5, 5.41) is 3.28. The quantitative estimate of drug-likeness (QED) is 0.733. The Labute approximate surface area is 74.0 Å². The van der Waals surface area contributed by atoms with Crippen LogP contribution in [-0.2, 0) is 13.0 Å². The van der Waals surface area contributed by atoms with Gasteiger partial charge in [-0.15, -0.1) is 0 Å². The number of hydrogen-bond acceptors (Lipinski definition) is 2. The molecule has 2 heteroatoms. The lowest BCUT2D eigenvalue weighted by atomic mass is 10.1. The Bertz CT molecular complexity index is 233. The summed E-state index contributed by atoms with van der Waals surface area (Å²) in [6.45, 7) is 6.15. The molecule has 0 aromatic carbocycles. The van der Waals surface area contributed by atoms with Crippen LogP contribution >= 0.6 is 0 Å². The normalized spacial score (nSPS) is 10.2. The first-order chi connectivity index (χ1) is 5.88. The number of nitrogens with one attached hydrogen (secondary N) is 1. The molecule has 1 N–H and O–H groups in total. The molecule has 0 saturated heterocycles. The Hall–Kier alpha value is -0.890. The van der Waals surface area contributed by atoms with E-state index in [1.165, 1.54) is 11.3 Å². The van der Waals surface area contributed by atoms with E-state index in [0.29, 0.717) is 0 Å². The highest BCUT2D eigenvalue weighted by Crippen LogP contribution is 2.04. The van der Waals surface area contributed by atoms with Crippen LogP contribution in [0.5, 0.6) is 0 Å². The number of nitrogens with zero attached hydrogens (tertiary/aromatic N) is 1. The Morgan fingerprint density at radius 1 is 1.42 bits per heavy atom. The summed E-state index contributed by atoms with van der Waals surface area (Å²) >= 11 is 0. The van der Waals surface area contributed by atoms with Gasteiger partial charge in [-0.2, -0.15) is 0 Å². The molecule has 0 spiro atoms. The van der Waals surface area contributed by atoms with Crippen molar-refractivity contribution in [2.24, 2.45) is 0 Å². The van der Waals surface area contributed by atoms with Gasteiger partial charge in [-0.3, -0.25) is 4.98 Å². The minimum Gasteiger partial charge on any atom is -0.311 e. The van der Waals surface area contributed by atoms with E-state index in [-0.39, 0.29) is 0 Å². The van der Waals surface area contributed by atoms with Crippen LogP contribution in [0.4, 0.5) is 0 Å². The lowest BCUT2D eigenvalue weighted by Crippen LogP contribution is -2.14. The van der Waals surface area contributed by atoms with Gasteiger partial charge < -0.3 is 5.32 Å². The summed E-state index contributed by atoms with van der Waals surface area (Å²) < 4.78 is 0. The van der Waals surface area contributed by atoms with Crippen LogP contribution in [0.15, 0.2) is 18.3 Å². The largest absolute Gasteiger partial charge is 0.311 e. The van der Waals surface area contributed by atoms with Crippen LogP contribution in [-0.4, -0.2) is 11.5 Å². The van der Waals surface area contributed by atoms with E-state index in [1.807, 2.05) is 12.3 Å². The lowest BCUT2D eigenvalue weighted by molar-refractivity contribution is 0.703. The van der Waals surface area contributed by atoms with E-state index >= 15 is 0 Å². The van der Waals surface area contributed by atoms with Crippen molar-refractivity contribution in [1.82, 2.24) is 10.3 Å². The molecule has 1 heterocycles. The Morgan fingerprint density at radius 2 is 2.25 bits per heavy atom. The van der Waals surface area contributed by atoms with Gasteiger partial charge in [-0.1, -0.05) is 19.9 Å². The fraction of sp³-hybridized carbons (Fsp3) is 0.500. The summed E-state index contributed by atoms with van der Waals surface area (Å²) in [7, 11) is 0. The molecule has 1 rings (SSSR count). The van der Waals surface area contributed by atoms with Gasteiger partial charge in [-0.25, -0.2) is 0 Å². The first-order valence-electron chi connectivity index (χ1n) is 4.52. The fourth-order valence-corrected chi connectivity index (χ4v) is 1.20. The van der Waals surface area contributed by atoms with Crippen molar-refractivity contribution in [3.8, 4) is 0 Å². The molecule has 0 unspecified atom stereocenters. The van der Waals surface area contributed by atoms with Gasteiger partial charge in [-0.05, 0) is 24.6 Å². The average Bonchev–Trinajstić information content (AvgIpc) is 2.15. The Balaban J connectivity index is 2.68. The predicted molar refractivity (Wildman–Crippen MR) is 51.0 cm³/mol. The third kappa shape index (κ3) is 2.31. The van der Waals surface area contributed by atoms with E-state index in [9.17, 15) is 0 Å². The molecule has 0 amide bonds. The van der Waals surface area contributed by atoms with Crippen LogP contribution in [0.1, 0.15) is 25.1 Å². The van der Waals surface area contributed by atoms with Crippen molar-refractivity contribution < 1.29 is 0 Å². The van der Waals surface area contributed by atoms with Crippen molar-refractivity contribution >= 4 is 0 Å². The molecular formula is C10H16N2. The highest BCUT2D eigenvalue weighted by atomic mass is 14.9. The van der Waals surface area contributed by atoms with Crippen molar-refractivity contribution in [3.63, 3.8) is 0 Å². The highest BCUT2D eigenvalue weighted by molar-refractivity contribution is 5.19. The van der Waals surface area contributed by atoms with Gasteiger partial charge in [0.25, 0.3) is 0 Å². The van der Waals surface area contributed by atoms with Crippen LogP contribution in [0.2, 0.25) is 0 Å². The first-order valence-corrected chi connectivity index (χ1v) is 4.52. The second-order valence-corrected chi connectivity index (χ2v) is 2.74. The molecule has 12 heavy (non-hydrogen) atoms. The monoisotopic (exact) mass is 164 g/mol. The van der Waals surface area contributed by atoms with Crippen LogP contribution in [0.25, 0.3) is 0 Å². The molecule has 1 aromatic rings. The molecule has 0 fully saturated rings. The minimum atomic E-state index is 0.889. The topological polar surface area (TPSA) is 24.9 Å². The van der Waals surface area contributed by atoms with E-state index in [1.54, 1.807) is 0 Å². The molecule has 0 atom stereocenters. The Kier molecular flexibility index (Phi) is 3.74. The number of aryl methyl sites for hydroxylation is 1. The molecule has 2 nitrogen and oxygen atoms in total. The van der Waals surface area contributed by atoms with Crippen molar-refractivity contribution in [3.05, 3.63) is 29.6 Å².